The van der Waals surface area contributed by atoms with Gasteiger partial charge in [-0.1, -0.05) is 0 Å². The fourth-order valence-corrected chi connectivity index (χ4v) is 3.24. The molecular weight excluding hydrogens is 336 g/mol. The lowest BCUT2D eigenvalue weighted by molar-refractivity contribution is -0.131. The highest BCUT2D eigenvalue weighted by Crippen LogP contribution is 2.38. The van der Waals surface area contributed by atoms with Crippen LogP contribution in [-0.2, 0) is 4.79 Å². The third kappa shape index (κ3) is 3.66. The number of carbonyl (C=O) groups excluding carboxylic acids is 2. The van der Waals surface area contributed by atoms with Crippen molar-refractivity contribution in [1.82, 2.24) is 10.2 Å². The molecule has 0 saturated carbocycles. The second-order valence-electron chi connectivity index (χ2n) is 6.05. The number of amides is 2. The van der Waals surface area contributed by atoms with Gasteiger partial charge in [0.1, 0.15) is 17.8 Å². The highest BCUT2D eigenvalue weighted by atomic mass is 16.5. The minimum Gasteiger partial charge on any atom is -0.497 e. The van der Waals surface area contributed by atoms with Crippen molar-refractivity contribution in [1.29, 1.82) is 0 Å². The maximum absolute atomic E-state index is 12.6. The normalized spacial score (nSPS) is 16.4. The van der Waals surface area contributed by atoms with Gasteiger partial charge in [0.15, 0.2) is 0 Å². The Morgan fingerprint density at radius 3 is 2.81 bits per heavy atom. The van der Waals surface area contributed by atoms with Gasteiger partial charge in [-0.15, -0.1) is 0 Å². The lowest BCUT2D eigenvalue weighted by Crippen LogP contribution is -2.39. The van der Waals surface area contributed by atoms with Crippen molar-refractivity contribution < 1.29 is 23.5 Å². The van der Waals surface area contributed by atoms with E-state index in [0.717, 1.165) is 18.4 Å². The van der Waals surface area contributed by atoms with E-state index in [9.17, 15) is 9.59 Å². The van der Waals surface area contributed by atoms with E-state index >= 15 is 0 Å². The molecular formula is C19H22N2O5. The Morgan fingerprint density at radius 2 is 2.12 bits per heavy atom. The molecule has 0 bridgehead atoms. The monoisotopic (exact) mass is 358 g/mol. The van der Waals surface area contributed by atoms with Crippen molar-refractivity contribution in [3.05, 3.63) is 47.9 Å². The Morgan fingerprint density at radius 1 is 1.27 bits per heavy atom. The minimum absolute atomic E-state index is 0.0566. The molecule has 1 aromatic carbocycles. The third-order valence-corrected chi connectivity index (χ3v) is 4.56. The van der Waals surface area contributed by atoms with Gasteiger partial charge in [-0.2, -0.15) is 0 Å². The molecule has 1 fully saturated rings. The van der Waals surface area contributed by atoms with Crippen LogP contribution in [0.15, 0.2) is 41.2 Å². The number of nitrogens with zero attached hydrogens (tertiary/aromatic N) is 1. The first-order chi connectivity index (χ1) is 12.6. The maximum atomic E-state index is 12.6. The molecule has 1 N–H and O–H groups in total. The molecule has 0 spiro atoms. The molecule has 2 aromatic rings. The van der Waals surface area contributed by atoms with E-state index in [4.69, 9.17) is 13.9 Å². The molecule has 2 amide bonds. The van der Waals surface area contributed by atoms with E-state index in [1.165, 1.54) is 12.5 Å². The van der Waals surface area contributed by atoms with Gasteiger partial charge in [-0.25, -0.2) is 0 Å². The molecule has 2 heterocycles. The largest absolute Gasteiger partial charge is 0.497 e. The predicted octanol–water partition coefficient (Wildman–Crippen LogP) is 2.39. The summed E-state index contributed by atoms with van der Waals surface area (Å²) in [6.07, 6.45) is 4.52. The smallest absolute Gasteiger partial charge is 0.254 e. The fourth-order valence-electron chi connectivity index (χ4n) is 3.24. The SMILES string of the molecule is COc1ccc(C2CCCN2C(=O)CNC(=O)c2ccoc2)c(OC)c1. The highest BCUT2D eigenvalue weighted by Gasteiger charge is 2.32. The van der Waals surface area contributed by atoms with Crippen LogP contribution >= 0.6 is 0 Å². The van der Waals surface area contributed by atoms with Gasteiger partial charge in [-0.3, -0.25) is 9.59 Å². The lowest BCUT2D eigenvalue weighted by atomic mass is 10.0. The van der Waals surface area contributed by atoms with Crippen molar-refractivity contribution >= 4 is 11.8 Å². The summed E-state index contributed by atoms with van der Waals surface area (Å²) in [6.45, 7) is 0.596. The standard InChI is InChI=1S/C19H22N2O5/c1-24-14-5-6-15(17(10-14)25-2)16-4-3-8-21(16)18(22)11-20-19(23)13-7-9-26-12-13/h5-7,9-10,12,16H,3-4,8,11H2,1-2H3,(H,20,23). The van der Waals surface area contributed by atoms with Crippen molar-refractivity contribution in [3.8, 4) is 11.5 Å². The summed E-state index contributed by atoms with van der Waals surface area (Å²) in [6, 6.07) is 7.09. The van der Waals surface area contributed by atoms with Crippen molar-refractivity contribution in [2.45, 2.75) is 18.9 Å². The Bertz CT molecular complexity index is 772. The average molecular weight is 358 g/mol. The molecule has 0 aliphatic carbocycles. The number of furan rings is 1. The Kier molecular flexibility index (Phi) is 5.46. The second-order valence-corrected chi connectivity index (χ2v) is 6.05. The predicted molar refractivity (Wildman–Crippen MR) is 94.3 cm³/mol. The highest BCUT2D eigenvalue weighted by molar-refractivity contribution is 5.96. The van der Waals surface area contributed by atoms with E-state index in [1.807, 2.05) is 18.2 Å². The van der Waals surface area contributed by atoms with Crippen LogP contribution in [0.1, 0.15) is 34.8 Å². The Hall–Kier alpha value is -2.96. The first-order valence-electron chi connectivity index (χ1n) is 8.46. The summed E-state index contributed by atoms with van der Waals surface area (Å²) in [5.74, 6) is 0.942. The van der Waals surface area contributed by atoms with Gasteiger partial charge in [0.2, 0.25) is 5.91 Å². The molecule has 1 aliphatic heterocycles. The molecule has 3 rings (SSSR count). The van der Waals surface area contributed by atoms with Crippen molar-refractivity contribution in [3.63, 3.8) is 0 Å². The summed E-state index contributed by atoms with van der Waals surface area (Å²) in [4.78, 5) is 26.4. The maximum Gasteiger partial charge on any atom is 0.254 e. The summed E-state index contributed by atoms with van der Waals surface area (Å²) in [5.41, 5.74) is 1.34. The molecule has 138 valence electrons. The summed E-state index contributed by atoms with van der Waals surface area (Å²) in [7, 11) is 3.20. The Balaban J connectivity index is 1.69. The summed E-state index contributed by atoms with van der Waals surface area (Å²) < 4.78 is 15.6. The first kappa shape index (κ1) is 17.8. The Labute approximate surface area is 151 Å². The number of ether oxygens (including phenoxy) is 2. The zero-order chi connectivity index (χ0) is 18.5. The molecule has 1 aliphatic rings. The molecule has 1 atom stereocenters. The average Bonchev–Trinajstić information content (AvgIpc) is 3.37. The molecule has 0 radical (unpaired) electrons. The van der Waals surface area contributed by atoms with Gasteiger partial charge in [0.05, 0.1) is 38.6 Å². The van der Waals surface area contributed by atoms with Crippen molar-refractivity contribution in [2.75, 3.05) is 27.3 Å². The molecule has 26 heavy (non-hydrogen) atoms. The molecule has 1 unspecified atom stereocenters. The zero-order valence-corrected chi connectivity index (χ0v) is 14.9. The van der Waals surface area contributed by atoms with Crippen molar-refractivity contribution in [2.24, 2.45) is 0 Å². The van der Waals surface area contributed by atoms with Crippen LogP contribution in [0.25, 0.3) is 0 Å². The van der Waals surface area contributed by atoms with Gasteiger partial charge < -0.3 is 24.1 Å². The number of carbonyl (C=O) groups is 2. The van der Waals surface area contributed by atoms with Crippen LogP contribution in [0.4, 0.5) is 0 Å². The third-order valence-electron chi connectivity index (χ3n) is 4.56. The van der Waals surface area contributed by atoms with E-state index < -0.39 is 0 Å². The topological polar surface area (TPSA) is 81.0 Å². The van der Waals surface area contributed by atoms with E-state index in [0.29, 0.717) is 23.6 Å². The molecule has 1 saturated heterocycles. The van der Waals surface area contributed by atoms with E-state index in [2.05, 4.69) is 5.32 Å². The van der Waals surface area contributed by atoms with Gasteiger partial charge in [0, 0.05) is 18.2 Å². The van der Waals surface area contributed by atoms with Crippen LogP contribution in [-0.4, -0.2) is 44.0 Å². The zero-order valence-electron chi connectivity index (χ0n) is 14.9. The molecule has 1 aromatic heterocycles. The number of rotatable bonds is 6. The van der Waals surface area contributed by atoms with Crippen LogP contribution in [0.5, 0.6) is 11.5 Å². The number of methoxy groups -OCH3 is 2. The van der Waals surface area contributed by atoms with Crippen LogP contribution in [0.2, 0.25) is 0 Å². The summed E-state index contributed by atoms with van der Waals surface area (Å²) >= 11 is 0. The van der Waals surface area contributed by atoms with Crippen LogP contribution in [0.3, 0.4) is 0 Å². The quantitative estimate of drug-likeness (QED) is 0.857. The number of hydrogen-bond donors (Lipinski definition) is 1. The lowest BCUT2D eigenvalue weighted by Gasteiger charge is -2.26. The van der Waals surface area contributed by atoms with E-state index in [-0.39, 0.29) is 24.4 Å². The molecule has 7 nitrogen and oxygen atoms in total. The van der Waals surface area contributed by atoms with Gasteiger partial charge in [-0.05, 0) is 31.0 Å². The fraction of sp³-hybridized carbons (Fsp3) is 0.368. The minimum atomic E-state index is -0.329. The number of benzene rings is 1. The summed E-state index contributed by atoms with van der Waals surface area (Å²) in [5, 5.41) is 2.64. The van der Waals surface area contributed by atoms with Gasteiger partial charge >= 0.3 is 0 Å². The van der Waals surface area contributed by atoms with Crippen LogP contribution < -0.4 is 14.8 Å². The first-order valence-corrected chi connectivity index (χ1v) is 8.46. The second kappa shape index (κ2) is 7.95. The number of hydrogen-bond acceptors (Lipinski definition) is 5. The van der Waals surface area contributed by atoms with Gasteiger partial charge in [0.25, 0.3) is 5.91 Å². The van der Waals surface area contributed by atoms with Crippen LogP contribution in [0, 0.1) is 0 Å². The number of nitrogens with one attached hydrogen (secondary N) is 1. The number of likely N-dealkylation sites (tertiary alicyclic amines) is 1. The van der Waals surface area contributed by atoms with E-state index in [1.54, 1.807) is 25.2 Å². The molecule has 7 heteroatoms.